The van der Waals surface area contributed by atoms with Gasteiger partial charge in [-0.2, -0.15) is 0 Å². The Morgan fingerprint density at radius 1 is 0.950 bits per heavy atom. The lowest BCUT2D eigenvalue weighted by molar-refractivity contribution is 0.212. The van der Waals surface area contributed by atoms with Crippen molar-refractivity contribution in [3.63, 3.8) is 0 Å². The average molecular weight is 269 g/mol. The molecule has 2 aliphatic rings. The molecule has 0 bridgehead atoms. The molecule has 0 aromatic heterocycles. The third-order valence-corrected chi connectivity index (χ3v) is 4.94. The van der Waals surface area contributed by atoms with E-state index in [4.69, 9.17) is 4.84 Å². The molecule has 0 fully saturated rings. The van der Waals surface area contributed by atoms with Crippen LogP contribution in [0.25, 0.3) is 5.57 Å². The molecule has 0 unspecified atom stereocenters. The van der Waals surface area contributed by atoms with Gasteiger partial charge in [-0.15, -0.1) is 0 Å². The zero-order chi connectivity index (χ0) is 14.3. The van der Waals surface area contributed by atoms with Crippen LogP contribution in [0.2, 0.25) is 0 Å². The molecular weight excluding hydrogens is 246 g/mol. The largest absolute Gasteiger partial charge is 0.399 e. The van der Waals surface area contributed by atoms with Gasteiger partial charge in [0.15, 0.2) is 0 Å². The lowest BCUT2D eigenvalue weighted by Gasteiger charge is -2.17. The molecule has 0 radical (unpaired) electrons. The number of hydrogen-bond donors (Lipinski definition) is 0. The highest BCUT2D eigenvalue weighted by atomic mass is 16.6. The van der Waals surface area contributed by atoms with Crippen molar-refractivity contribution in [2.24, 2.45) is 5.16 Å². The van der Waals surface area contributed by atoms with Crippen molar-refractivity contribution in [2.45, 2.75) is 52.9 Å². The third kappa shape index (κ3) is 1.98. The number of rotatable bonds is 1. The molecule has 2 heteroatoms. The van der Waals surface area contributed by atoms with E-state index in [2.05, 4.69) is 32.0 Å². The zero-order valence-corrected chi connectivity index (χ0v) is 13.0. The predicted molar refractivity (Wildman–Crippen MR) is 84.2 cm³/mol. The normalized spacial score (nSPS) is 19.9. The van der Waals surface area contributed by atoms with Crippen molar-refractivity contribution >= 4 is 11.3 Å². The Morgan fingerprint density at radius 3 is 2.45 bits per heavy atom. The second-order valence-electron chi connectivity index (χ2n) is 6.01. The number of hydrogen-bond acceptors (Lipinski definition) is 2. The maximum Gasteiger partial charge on any atom is 0.106 e. The van der Waals surface area contributed by atoms with E-state index in [9.17, 15) is 0 Å². The van der Waals surface area contributed by atoms with E-state index in [0.717, 1.165) is 19.3 Å². The predicted octanol–water partition coefficient (Wildman–Crippen LogP) is 4.50. The monoisotopic (exact) mass is 269 g/mol. The Morgan fingerprint density at radius 2 is 1.70 bits per heavy atom. The summed E-state index contributed by atoms with van der Waals surface area (Å²) in [6, 6.07) is 2.39. The zero-order valence-electron chi connectivity index (χ0n) is 13.0. The minimum atomic E-state index is 1.00. The van der Waals surface area contributed by atoms with Crippen molar-refractivity contribution in [1.82, 2.24) is 0 Å². The van der Waals surface area contributed by atoms with Crippen LogP contribution < -0.4 is 0 Å². The fraction of sp³-hybridized carbons (Fsp3) is 0.500. The summed E-state index contributed by atoms with van der Waals surface area (Å²) in [7, 11) is 1.65. The van der Waals surface area contributed by atoms with Crippen molar-refractivity contribution in [3.05, 3.63) is 39.5 Å². The molecule has 0 atom stereocenters. The number of fused-ring (bicyclic) bond motifs is 2. The number of benzene rings is 1. The van der Waals surface area contributed by atoms with Gasteiger partial charge < -0.3 is 4.84 Å². The minimum Gasteiger partial charge on any atom is -0.399 e. The topological polar surface area (TPSA) is 21.6 Å². The lowest BCUT2D eigenvalue weighted by Crippen LogP contribution is -2.03. The average Bonchev–Trinajstić information content (AvgIpc) is 2.85. The van der Waals surface area contributed by atoms with Crippen molar-refractivity contribution < 1.29 is 4.84 Å². The lowest BCUT2D eigenvalue weighted by atomic mass is 9.88. The molecule has 1 aromatic carbocycles. The van der Waals surface area contributed by atoms with Gasteiger partial charge in [0.25, 0.3) is 0 Å². The number of allylic oxidation sites excluding steroid dienone is 2. The molecule has 0 saturated heterocycles. The van der Waals surface area contributed by atoms with E-state index in [1.165, 1.54) is 57.5 Å². The smallest absolute Gasteiger partial charge is 0.106 e. The molecule has 0 spiro atoms. The summed E-state index contributed by atoms with van der Waals surface area (Å²) >= 11 is 0. The Labute approximate surface area is 121 Å². The first-order valence-corrected chi connectivity index (χ1v) is 7.56. The van der Waals surface area contributed by atoms with Gasteiger partial charge in [0.05, 0.1) is 5.71 Å². The van der Waals surface area contributed by atoms with Gasteiger partial charge in [0.1, 0.15) is 7.11 Å². The van der Waals surface area contributed by atoms with Crippen molar-refractivity contribution in [1.29, 1.82) is 0 Å². The first-order chi connectivity index (χ1) is 9.63. The Balaban J connectivity index is 2.25. The quantitative estimate of drug-likeness (QED) is 0.688. The molecule has 1 aromatic rings. The van der Waals surface area contributed by atoms with E-state index < -0.39 is 0 Å². The first kappa shape index (κ1) is 13.4. The van der Waals surface area contributed by atoms with E-state index >= 15 is 0 Å². The Bertz CT molecular complexity index is 623. The van der Waals surface area contributed by atoms with Crippen molar-refractivity contribution in [2.75, 3.05) is 7.11 Å². The molecule has 2 aliphatic carbocycles. The highest BCUT2D eigenvalue weighted by Gasteiger charge is 2.27. The van der Waals surface area contributed by atoms with Crippen LogP contribution in [-0.4, -0.2) is 12.8 Å². The molecule has 20 heavy (non-hydrogen) atoms. The number of aryl methyl sites for hydroxylation is 2. The fourth-order valence-electron chi connectivity index (χ4n) is 3.74. The maximum absolute atomic E-state index is 5.08. The van der Waals surface area contributed by atoms with Gasteiger partial charge in [-0.05, 0) is 91.8 Å². The Kier molecular flexibility index (Phi) is 3.41. The summed E-state index contributed by atoms with van der Waals surface area (Å²) in [6.45, 7) is 6.75. The van der Waals surface area contributed by atoms with Crippen LogP contribution in [-0.2, 0) is 11.3 Å². The highest BCUT2D eigenvalue weighted by Crippen LogP contribution is 2.42. The fourth-order valence-corrected chi connectivity index (χ4v) is 3.74. The summed E-state index contributed by atoms with van der Waals surface area (Å²) in [4.78, 5) is 5.08. The van der Waals surface area contributed by atoms with Gasteiger partial charge in [-0.1, -0.05) is 11.2 Å². The molecule has 0 saturated carbocycles. The minimum absolute atomic E-state index is 1.00. The van der Waals surface area contributed by atoms with Crippen LogP contribution in [0.1, 0.15) is 53.5 Å². The van der Waals surface area contributed by atoms with Gasteiger partial charge in [-0.25, -0.2) is 0 Å². The summed E-state index contributed by atoms with van der Waals surface area (Å²) in [5.74, 6) is 0. The van der Waals surface area contributed by atoms with Gasteiger partial charge in [-0.3, -0.25) is 0 Å². The SMILES string of the molecule is CON=C1CCc2cc(C)c(C)c(C)c2C2=C1CCC2. The first-order valence-electron chi connectivity index (χ1n) is 7.56. The maximum atomic E-state index is 5.08. The highest BCUT2D eigenvalue weighted by molar-refractivity contribution is 6.08. The van der Waals surface area contributed by atoms with E-state index in [1.54, 1.807) is 7.11 Å². The summed E-state index contributed by atoms with van der Waals surface area (Å²) in [6.07, 6.45) is 5.67. The molecule has 0 N–H and O–H groups in total. The van der Waals surface area contributed by atoms with Crippen LogP contribution >= 0.6 is 0 Å². The van der Waals surface area contributed by atoms with Gasteiger partial charge in [0.2, 0.25) is 0 Å². The van der Waals surface area contributed by atoms with Crippen LogP contribution in [0, 0.1) is 20.8 Å². The summed E-state index contributed by atoms with van der Waals surface area (Å²) in [5, 5.41) is 4.30. The molecule has 0 aliphatic heterocycles. The molecular formula is C18H23NO. The molecule has 0 amide bonds. The van der Waals surface area contributed by atoms with Crippen LogP contribution in [0.15, 0.2) is 16.8 Å². The van der Waals surface area contributed by atoms with Crippen molar-refractivity contribution in [3.8, 4) is 0 Å². The van der Waals surface area contributed by atoms with Gasteiger partial charge in [0, 0.05) is 0 Å². The van der Waals surface area contributed by atoms with E-state index in [-0.39, 0.29) is 0 Å². The second kappa shape index (κ2) is 5.08. The molecule has 2 nitrogen and oxygen atoms in total. The second-order valence-corrected chi connectivity index (χ2v) is 6.01. The van der Waals surface area contributed by atoms with E-state index in [0.29, 0.717) is 0 Å². The Hall–Kier alpha value is -1.57. The van der Waals surface area contributed by atoms with E-state index in [1.807, 2.05) is 0 Å². The molecule has 106 valence electrons. The molecule has 0 heterocycles. The van der Waals surface area contributed by atoms with Crippen LogP contribution in [0.5, 0.6) is 0 Å². The van der Waals surface area contributed by atoms with Gasteiger partial charge >= 0.3 is 0 Å². The standard InChI is InChI=1S/C18H23NO/c1-11-10-14-8-9-17(19-20-4)15-6-5-7-16(15)18(14)13(3)12(11)2/h10H,5-9H2,1-4H3. The summed E-state index contributed by atoms with van der Waals surface area (Å²) < 4.78 is 0. The summed E-state index contributed by atoms with van der Waals surface area (Å²) in [5.41, 5.74) is 11.5. The third-order valence-electron chi connectivity index (χ3n) is 4.94. The molecule has 3 rings (SSSR count). The number of nitrogens with zero attached hydrogens (tertiary/aromatic N) is 1. The van der Waals surface area contributed by atoms with Crippen LogP contribution in [0.3, 0.4) is 0 Å². The number of oxime groups is 1. The van der Waals surface area contributed by atoms with Crippen LogP contribution in [0.4, 0.5) is 0 Å².